The van der Waals surface area contributed by atoms with Gasteiger partial charge in [-0.1, -0.05) is 11.3 Å². The van der Waals surface area contributed by atoms with E-state index in [1.165, 1.54) is 36.4 Å². The van der Waals surface area contributed by atoms with Crippen LogP contribution in [-0.2, 0) is 16.6 Å². The molecule has 0 saturated carbocycles. The van der Waals surface area contributed by atoms with Gasteiger partial charge in [0.1, 0.15) is 0 Å². The molecular formula is C16H15N3O4S2. The lowest BCUT2D eigenvalue weighted by Crippen LogP contribution is -2.14. The molecule has 0 atom stereocenters. The molecule has 0 radical (unpaired) electrons. The van der Waals surface area contributed by atoms with Gasteiger partial charge in [0.2, 0.25) is 5.91 Å². The maximum atomic E-state index is 12.5. The van der Waals surface area contributed by atoms with Crippen molar-refractivity contribution in [2.24, 2.45) is 5.73 Å². The minimum atomic E-state index is -3.82. The second-order valence-corrected chi connectivity index (χ2v) is 7.96. The van der Waals surface area contributed by atoms with Crippen LogP contribution in [-0.4, -0.2) is 18.9 Å². The monoisotopic (exact) mass is 377 g/mol. The van der Waals surface area contributed by atoms with Crippen LogP contribution >= 0.6 is 11.3 Å². The number of primary amides is 1. The third-order valence-electron chi connectivity index (χ3n) is 3.69. The first-order valence-corrected chi connectivity index (χ1v) is 9.68. The molecule has 0 aliphatic rings. The van der Waals surface area contributed by atoms with E-state index < -0.39 is 15.9 Å². The van der Waals surface area contributed by atoms with E-state index in [9.17, 15) is 18.0 Å². The van der Waals surface area contributed by atoms with Gasteiger partial charge in [0.25, 0.3) is 10.0 Å². The molecule has 1 heterocycles. The number of sulfonamides is 1. The molecule has 1 aromatic heterocycles. The number of anilines is 1. The van der Waals surface area contributed by atoms with Crippen molar-refractivity contribution in [1.82, 2.24) is 4.57 Å². The fourth-order valence-electron chi connectivity index (χ4n) is 2.43. The summed E-state index contributed by atoms with van der Waals surface area (Å²) in [7, 11) is -3.82. The zero-order valence-corrected chi connectivity index (χ0v) is 14.9. The molecule has 1 amide bonds. The number of amides is 1. The molecule has 0 unspecified atom stereocenters. The summed E-state index contributed by atoms with van der Waals surface area (Å²) in [5.41, 5.74) is 6.46. The second kappa shape index (κ2) is 6.34. The lowest BCUT2D eigenvalue weighted by atomic mass is 10.2. The van der Waals surface area contributed by atoms with E-state index in [4.69, 9.17) is 5.73 Å². The summed E-state index contributed by atoms with van der Waals surface area (Å²) in [6.45, 7) is 2.38. The number of thiazole rings is 1. The topological polar surface area (TPSA) is 111 Å². The smallest absolute Gasteiger partial charge is 0.308 e. The molecule has 3 rings (SSSR count). The summed E-state index contributed by atoms with van der Waals surface area (Å²) in [4.78, 5) is 22.9. The summed E-state index contributed by atoms with van der Waals surface area (Å²) >= 11 is 1.01. The number of nitrogens with zero attached hydrogens (tertiary/aromatic N) is 1. The quantitative estimate of drug-likeness (QED) is 0.708. The van der Waals surface area contributed by atoms with Gasteiger partial charge in [-0.15, -0.1) is 0 Å². The normalized spacial score (nSPS) is 11.6. The minimum absolute atomic E-state index is 0.0588. The van der Waals surface area contributed by atoms with Crippen molar-refractivity contribution in [2.75, 3.05) is 4.72 Å². The fraction of sp³-hybridized carbons (Fsp3) is 0.125. The van der Waals surface area contributed by atoms with Gasteiger partial charge in [0.05, 0.1) is 15.1 Å². The van der Waals surface area contributed by atoms with E-state index in [0.29, 0.717) is 22.4 Å². The number of benzene rings is 2. The lowest BCUT2D eigenvalue weighted by molar-refractivity contribution is 0.100. The van der Waals surface area contributed by atoms with Crippen molar-refractivity contribution < 1.29 is 13.2 Å². The number of hydrogen-bond acceptors (Lipinski definition) is 5. The molecule has 2 aromatic carbocycles. The second-order valence-electron chi connectivity index (χ2n) is 5.29. The maximum absolute atomic E-state index is 12.5. The van der Waals surface area contributed by atoms with Crippen molar-refractivity contribution in [2.45, 2.75) is 18.4 Å². The number of fused-ring (bicyclic) bond motifs is 1. The van der Waals surface area contributed by atoms with E-state index in [2.05, 4.69) is 4.72 Å². The highest BCUT2D eigenvalue weighted by Crippen LogP contribution is 2.23. The summed E-state index contributed by atoms with van der Waals surface area (Å²) in [6.07, 6.45) is 0. The number of nitrogens with two attached hydrogens (primary N) is 1. The number of hydrogen-bond donors (Lipinski definition) is 2. The molecular weight excluding hydrogens is 362 g/mol. The summed E-state index contributed by atoms with van der Waals surface area (Å²) in [6, 6.07) is 10.4. The van der Waals surface area contributed by atoms with E-state index in [0.717, 1.165) is 11.3 Å². The number of carbonyl (C=O) groups excluding carboxylic acids is 1. The Morgan fingerprint density at radius 2 is 1.88 bits per heavy atom. The average molecular weight is 377 g/mol. The Bertz CT molecular complexity index is 1110. The van der Waals surface area contributed by atoms with Crippen LogP contribution in [0.5, 0.6) is 0 Å². The van der Waals surface area contributed by atoms with Crippen molar-refractivity contribution in [1.29, 1.82) is 0 Å². The van der Waals surface area contributed by atoms with Gasteiger partial charge in [0, 0.05) is 17.8 Å². The SMILES string of the molecule is CCn1c(=O)sc2cc(S(=O)(=O)Nc3ccc(C(N)=O)cc3)ccc21. The molecule has 7 nitrogen and oxygen atoms in total. The number of rotatable bonds is 5. The standard InChI is InChI=1S/C16H15N3O4S2/c1-2-19-13-8-7-12(9-14(13)24-16(19)21)25(22,23)18-11-5-3-10(4-6-11)15(17)20/h3-9,18H,2H2,1H3,(H2,17,20). The molecule has 0 aliphatic heterocycles. The zero-order valence-electron chi connectivity index (χ0n) is 13.2. The summed E-state index contributed by atoms with van der Waals surface area (Å²) in [5, 5.41) is 0. The predicted molar refractivity (Wildman–Crippen MR) is 97.5 cm³/mol. The molecule has 3 N–H and O–H groups in total. The molecule has 0 aliphatic carbocycles. The fourth-order valence-corrected chi connectivity index (χ4v) is 4.58. The summed E-state index contributed by atoms with van der Waals surface area (Å²) in [5.74, 6) is -0.588. The highest BCUT2D eigenvalue weighted by molar-refractivity contribution is 7.92. The molecule has 130 valence electrons. The number of carbonyl (C=O) groups is 1. The van der Waals surface area contributed by atoms with Gasteiger partial charge in [-0.3, -0.25) is 18.9 Å². The van der Waals surface area contributed by atoms with Crippen LogP contribution in [0.3, 0.4) is 0 Å². The number of nitrogens with one attached hydrogen (secondary N) is 1. The van der Waals surface area contributed by atoms with Gasteiger partial charge in [-0.05, 0) is 49.4 Å². The van der Waals surface area contributed by atoms with E-state index in [1.54, 1.807) is 10.6 Å². The molecule has 0 spiro atoms. The summed E-state index contributed by atoms with van der Waals surface area (Å²) < 4.78 is 29.7. The molecule has 25 heavy (non-hydrogen) atoms. The van der Waals surface area contributed by atoms with Crippen molar-refractivity contribution >= 4 is 43.2 Å². The van der Waals surface area contributed by atoms with Crippen LogP contribution in [0.25, 0.3) is 10.2 Å². The van der Waals surface area contributed by atoms with Crippen molar-refractivity contribution in [3.63, 3.8) is 0 Å². The third-order valence-corrected chi connectivity index (χ3v) is 6.01. The highest BCUT2D eigenvalue weighted by atomic mass is 32.2. The van der Waals surface area contributed by atoms with Gasteiger partial charge in [-0.25, -0.2) is 8.42 Å². The number of aromatic nitrogens is 1. The van der Waals surface area contributed by atoms with Crippen LogP contribution in [0.15, 0.2) is 52.2 Å². The van der Waals surface area contributed by atoms with Gasteiger partial charge >= 0.3 is 4.87 Å². The third kappa shape index (κ3) is 3.28. The molecule has 3 aromatic rings. The Labute approximate surface area is 147 Å². The largest absolute Gasteiger partial charge is 0.366 e. The molecule has 0 fully saturated rings. The Morgan fingerprint density at radius 1 is 1.20 bits per heavy atom. The Morgan fingerprint density at radius 3 is 2.48 bits per heavy atom. The van der Waals surface area contributed by atoms with E-state index in [1.807, 2.05) is 6.92 Å². The Kier molecular flexibility index (Phi) is 4.36. The first-order valence-electron chi connectivity index (χ1n) is 7.38. The lowest BCUT2D eigenvalue weighted by Gasteiger charge is -2.09. The highest BCUT2D eigenvalue weighted by Gasteiger charge is 2.17. The minimum Gasteiger partial charge on any atom is -0.366 e. The van der Waals surface area contributed by atoms with Crippen LogP contribution in [0, 0.1) is 0 Å². The Hall–Kier alpha value is -2.65. The van der Waals surface area contributed by atoms with Crippen LogP contribution in [0.4, 0.5) is 5.69 Å². The van der Waals surface area contributed by atoms with Gasteiger partial charge in [0.15, 0.2) is 0 Å². The van der Waals surface area contributed by atoms with E-state index in [-0.39, 0.29) is 15.3 Å². The maximum Gasteiger partial charge on any atom is 0.308 e. The first kappa shape index (κ1) is 17.2. The molecule has 0 saturated heterocycles. The molecule has 9 heteroatoms. The van der Waals surface area contributed by atoms with Crippen molar-refractivity contribution in [3.05, 3.63) is 57.7 Å². The predicted octanol–water partition coefficient (Wildman–Crippen LogP) is 1.98. The molecule has 0 bridgehead atoms. The first-order chi connectivity index (χ1) is 11.8. The van der Waals surface area contributed by atoms with E-state index >= 15 is 0 Å². The van der Waals surface area contributed by atoms with Crippen LogP contribution in [0.2, 0.25) is 0 Å². The van der Waals surface area contributed by atoms with Crippen molar-refractivity contribution in [3.8, 4) is 0 Å². The Balaban J connectivity index is 1.95. The van der Waals surface area contributed by atoms with Crippen LogP contribution < -0.4 is 15.3 Å². The zero-order chi connectivity index (χ0) is 18.2. The van der Waals surface area contributed by atoms with Gasteiger partial charge in [-0.2, -0.15) is 0 Å². The van der Waals surface area contributed by atoms with Crippen LogP contribution in [0.1, 0.15) is 17.3 Å². The average Bonchev–Trinajstić information content (AvgIpc) is 2.89. The van der Waals surface area contributed by atoms with Gasteiger partial charge < -0.3 is 5.73 Å². The number of aryl methyl sites for hydroxylation is 1.